The Bertz CT molecular complexity index is 1050. The number of rotatable bonds is 6. The van der Waals surface area contributed by atoms with E-state index in [0.717, 1.165) is 49.7 Å². The summed E-state index contributed by atoms with van der Waals surface area (Å²) in [5, 5.41) is 6.87. The predicted molar refractivity (Wildman–Crippen MR) is 141 cm³/mol. The predicted octanol–water partition coefficient (Wildman–Crippen LogP) is 3.74. The third-order valence-electron chi connectivity index (χ3n) is 6.08. The summed E-state index contributed by atoms with van der Waals surface area (Å²) in [6.45, 7) is 6.84. The molecule has 1 aliphatic rings. The lowest BCUT2D eigenvalue weighted by atomic mass is 9.72. The van der Waals surface area contributed by atoms with Gasteiger partial charge in [-0.05, 0) is 55.0 Å². The van der Waals surface area contributed by atoms with Gasteiger partial charge >= 0.3 is 0 Å². The smallest absolute Gasteiger partial charge is 0.191 e. The van der Waals surface area contributed by atoms with Crippen LogP contribution in [-0.4, -0.2) is 47.4 Å². The van der Waals surface area contributed by atoms with Gasteiger partial charge in [-0.3, -0.25) is 4.99 Å². The van der Waals surface area contributed by atoms with Crippen LogP contribution in [0.2, 0.25) is 0 Å². The summed E-state index contributed by atoms with van der Waals surface area (Å²) < 4.78 is 29.3. The van der Waals surface area contributed by atoms with E-state index in [1.54, 1.807) is 13.1 Å². The molecule has 2 N–H and O–H groups in total. The first-order chi connectivity index (χ1) is 14.7. The van der Waals surface area contributed by atoms with E-state index >= 15 is 0 Å². The molecule has 0 amide bonds. The molecule has 0 unspecified atom stereocenters. The zero-order valence-electron chi connectivity index (χ0n) is 19.3. The Labute approximate surface area is 209 Å². The Kier molecular flexibility index (Phi) is 9.53. The normalized spacial score (nSPS) is 16.2. The van der Waals surface area contributed by atoms with Crippen molar-refractivity contribution in [3.63, 3.8) is 0 Å². The van der Waals surface area contributed by atoms with Crippen LogP contribution in [0.25, 0.3) is 0 Å². The van der Waals surface area contributed by atoms with Crippen LogP contribution in [0.15, 0.2) is 52.4 Å². The number of sulfone groups is 1. The molecule has 1 aliphatic heterocycles. The van der Waals surface area contributed by atoms with E-state index in [0.29, 0.717) is 11.4 Å². The van der Waals surface area contributed by atoms with Crippen molar-refractivity contribution < 1.29 is 13.2 Å². The molecule has 2 aromatic carbocycles. The average molecular weight is 572 g/mol. The van der Waals surface area contributed by atoms with Gasteiger partial charge in [0, 0.05) is 45.0 Å². The molecule has 0 radical (unpaired) electrons. The van der Waals surface area contributed by atoms with Crippen molar-refractivity contribution >= 4 is 39.8 Å². The molecule has 6 nitrogen and oxygen atoms in total. The van der Waals surface area contributed by atoms with Crippen molar-refractivity contribution in [2.24, 2.45) is 4.99 Å². The summed E-state index contributed by atoms with van der Waals surface area (Å²) in [4.78, 5) is 4.75. The van der Waals surface area contributed by atoms with Gasteiger partial charge in [-0.15, -0.1) is 24.0 Å². The summed E-state index contributed by atoms with van der Waals surface area (Å²) >= 11 is 0. The van der Waals surface area contributed by atoms with E-state index in [1.165, 1.54) is 17.4 Å². The molecule has 2 aromatic rings. The van der Waals surface area contributed by atoms with Gasteiger partial charge in [0.05, 0.1) is 4.90 Å². The number of hydrogen-bond acceptors (Lipinski definition) is 4. The van der Waals surface area contributed by atoms with Crippen LogP contribution in [0, 0.1) is 13.8 Å². The number of benzene rings is 2. The number of aliphatic imine (C=N–C) groups is 1. The van der Waals surface area contributed by atoms with E-state index in [9.17, 15) is 8.42 Å². The number of guanidine groups is 1. The lowest BCUT2D eigenvalue weighted by molar-refractivity contribution is 0.0512. The Morgan fingerprint density at radius 3 is 2.34 bits per heavy atom. The van der Waals surface area contributed by atoms with Crippen molar-refractivity contribution in [2.75, 3.05) is 33.1 Å². The molecule has 1 saturated heterocycles. The fourth-order valence-electron chi connectivity index (χ4n) is 4.37. The first kappa shape index (κ1) is 26.6. The highest BCUT2D eigenvalue weighted by Gasteiger charge is 2.35. The highest BCUT2D eigenvalue weighted by Crippen LogP contribution is 2.36. The Balaban J connectivity index is 0.00000363. The molecular formula is C24H34IN3O3S. The molecule has 8 heteroatoms. The Morgan fingerprint density at radius 2 is 1.75 bits per heavy atom. The quantitative estimate of drug-likeness (QED) is 0.314. The SMILES string of the molecule is CN=C(NCc1ccc(S(C)(=O)=O)c(C)c1)NCC1(c2ccccc2C)CCOCC1.I. The van der Waals surface area contributed by atoms with Gasteiger partial charge < -0.3 is 15.4 Å². The fraction of sp³-hybridized carbons (Fsp3) is 0.458. The molecule has 0 spiro atoms. The molecule has 0 atom stereocenters. The summed E-state index contributed by atoms with van der Waals surface area (Å²) in [6, 6.07) is 14.0. The molecule has 3 rings (SSSR count). The summed E-state index contributed by atoms with van der Waals surface area (Å²) in [6.07, 6.45) is 3.17. The Morgan fingerprint density at radius 1 is 1.06 bits per heavy atom. The van der Waals surface area contributed by atoms with Gasteiger partial charge in [-0.2, -0.15) is 0 Å². The zero-order chi connectivity index (χ0) is 22.5. The minimum Gasteiger partial charge on any atom is -0.381 e. The third kappa shape index (κ3) is 6.45. The maximum atomic E-state index is 11.8. The highest BCUT2D eigenvalue weighted by atomic mass is 127. The van der Waals surface area contributed by atoms with Gasteiger partial charge in [-0.25, -0.2) is 8.42 Å². The number of halogens is 1. The molecule has 32 heavy (non-hydrogen) atoms. The molecule has 1 fully saturated rings. The second-order valence-corrected chi connectivity index (χ2v) is 10.3. The van der Waals surface area contributed by atoms with Crippen LogP contribution in [0.4, 0.5) is 0 Å². The zero-order valence-corrected chi connectivity index (χ0v) is 22.4. The van der Waals surface area contributed by atoms with Gasteiger partial charge in [0.1, 0.15) is 0 Å². The van der Waals surface area contributed by atoms with Crippen molar-refractivity contribution in [1.82, 2.24) is 10.6 Å². The van der Waals surface area contributed by atoms with E-state index in [4.69, 9.17) is 4.74 Å². The molecule has 0 aromatic heterocycles. The largest absolute Gasteiger partial charge is 0.381 e. The summed E-state index contributed by atoms with van der Waals surface area (Å²) in [7, 11) is -1.45. The molecule has 0 saturated carbocycles. The van der Waals surface area contributed by atoms with Crippen LogP contribution in [0.5, 0.6) is 0 Å². The lowest BCUT2D eigenvalue weighted by Gasteiger charge is -2.39. The number of ether oxygens (including phenoxy) is 1. The molecule has 0 aliphatic carbocycles. The highest BCUT2D eigenvalue weighted by molar-refractivity contribution is 14.0. The van der Waals surface area contributed by atoms with Gasteiger partial charge in [-0.1, -0.05) is 36.4 Å². The summed E-state index contributed by atoms with van der Waals surface area (Å²) in [5.74, 6) is 0.726. The summed E-state index contributed by atoms with van der Waals surface area (Å²) in [5.41, 5.74) is 4.44. The van der Waals surface area contributed by atoms with E-state index in [-0.39, 0.29) is 29.4 Å². The van der Waals surface area contributed by atoms with Crippen molar-refractivity contribution in [1.29, 1.82) is 0 Å². The van der Waals surface area contributed by atoms with Crippen molar-refractivity contribution in [3.8, 4) is 0 Å². The molecule has 0 bridgehead atoms. The van der Waals surface area contributed by atoms with Crippen molar-refractivity contribution in [3.05, 3.63) is 64.7 Å². The number of hydrogen-bond donors (Lipinski definition) is 2. The number of nitrogens with zero attached hydrogens (tertiary/aromatic N) is 1. The van der Waals surface area contributed by atoms with Crippen LogP contribution >= 0.6 is 24.0 Å². The maximum absolute atomic E-state index is 11.8. The molecular weight excluding hydrogens is 537 g/mol. The monoisotopic (exact) mass is 571 g/mol. The average Bonchev–Trinajstić information content (AvgIpc) is 2.74. The number of nitrogens with one attached hydrogen (secondary N) is 2. The second-order valence-electron chi connectivity index (χ2n) is 8.36. The first-order valence-corrected chi connectivity index (χ1v) is 12.5. The van der Waals surface area contributed by atoms with E-state index in [1.807, 2.05) is 19.1 Å². The lowest BCUT2D eigenvalue weighted by Crippen LogP contribution is -2.48. The van der Waals surface area contributed by atoms with Crippen LogP contribution < -0.4 is 10.6 Å². The standard InChI is InChI=1S/C24H33N3O3S.HI/c1-18-7-5-6-8-21(18)24(11-13-30-14-12-24)17-27-23(25-3)26-16-20-9-10-22(19(2)15-20)31(4,28)29;/h5-10,15H,11-14,16-17H2,1-4H3,(H2,25,26,27);1H. The minimum atomic E-state index is -3.21. The maximum Gasteiger partial charge on any atom is 0.191 e. The van der Waals surface area contributed by atoms with Crippen LogP contribution in [-0.2, 0) is 26.5 Å². The van der Waals surface area contributed by atoms with Gasteiger partial charge in [0.25, 0.3) is 0 Å². The Hall–Kier alpha value is -1.65. The topological polar surface area (TPSA) is 79.8 Å². The van der Waals surface area contributed by atoms with Crippen LogP contribution in [0.3, 0.4) is 0 Å². The molecule has 176 valence electrons. The minimum absolute atomic E-state index is 0. The van der Waals surface area contributed by atoms with E-state index < -0.39 is 9.84 Å². The van der Waals surface area contributed by atoms with Gasteiger partial charge in [0.15, 0.2) is 15.8 Å². The van der Waals surface area contributed by atoms with Crippen molar-refractivity contribution in [2.45, 2.75) is 43.5 Å². The first-order valence-electron chi connectivity index (χ1n) is 10.6. The van der Waals surface area contributed by atoms with E-state index in [2.05, 4.69) is 46.8 Å². The van der Waals surface area contributed by atoms with Crippen LogP contribution in [0.1, 0.15) is 35.1 Å². The second kappa shape index (κ2) is 11.5. The fourth-order valence-corrected chi connectivity index (χ4v) is 5.33. The number of aryl methyl sites for hydroxylation is 2. The van der Waals surface area contributed by atoms with Gasteiger partial charge in [0.2, 0.25) is 0 Å². The molecule has 1 heterocycles. The third-order valence-corrected chi connectivity index (χ3v) is 7.34.